The molecule has 2 heterocycles. The van der Waals surface area contributed by atoms with Crippen molar-refractivity contribution in [3.8, 4) is 0 Å². The monoisotopic (exact) mass is 318 g/mol. The zero-order valence-corrected chi connectivity index (χ0v) is 13.0. The predicted molar refractivity (Wildman–Crippen MR) is 86.1 cm³/mol. The molecular weight excluding hydrogens is 304 g/mol. The Morgan fingerprint density at radius 1 is 1.29 bits per heavy atom. The minimum Gasteiger partial charge on any atom is -0.322 e. The zero-order valence-electron chi connectivity index (χ0n) is 11.4. The smallest absolute Gasteiger partial charge is 0.224 e. The van der Waals surface area contributed by atoms with Gasteiger partial charge in [-0.25, -0.2) is 0 Å². The zero-order chi connectivity index (χ0) is 14.7. The molecule has 1 amide bonds. The molecule has 1 atom stereocenters. The second-order valence-corrected chi connectivity index (χ2v) is 6.53. The fraction of sp³-hybridized carbons (Fsp3) is 0.250. The molecule has 1 unspecified atom stereocenters. The molecule has 0 aliphatic carbocycles. The average molecular weight is 319 g/mol. The number of amides is 1. The van der Waals surface area contributed by atoms with E-state index in [2.05, 4.69) is 4.98 Å². The van der Waals surface area contributed by atoms with Gasteiger partial charge in [-0.05, 0) is 35.4 Å². The number of hydrogen-bond donors (Lipinski definition) is 0. The Hall–Kier alpha value is -1.52. The first-order valence-corrected chi connectivity index (χ1v) is 8.22. The molecule has 1 aliphatic heterocycles. The number of nitrogens with zero attached hydrogens (tertiary/aromatic N) is 2. The number of halogens is 1. The molecule has 1 aromatic heterocycles. The van der Waals surface area contributed by atoms with Gasteiger partial charge >= 0.3 is 0 Å². The number of carbonyl (C=O) groups is 1. The highest BCUT2D eigenvalue weighted by Crippen LogP contribution is 2.38. The molecule has 21 heavy (non-hydrogen) atoms. The summed E-state index contributed by atoms with van der Waals surface area (Å²) in [5, 5.41) is 0.730. The largest absolute Gasteiger partial charge is 0.322 e. The topological polar surface area (TPSA) is 33.2 Å². The molecule has 0 bridgehead atoms. The van der Waals surface area contributed by atoms with Crippen molar-refractivity contribution in [2.24, 2.45) is 0 Å². The van der Waals surface area contributed by atoms with Gasteiger partial charge in [0, 0.05) is 36.1 Å². The third-order valence-corrected chi connectivity index (χ3v) is 4.95. The van der Waals surface area contributed by atoms with Gasteiger partial charge in [-0.3, -0.25) is 9.78 Å². The third-order valence-electron chi connectivity index (χ3n) is 3.43. The van der Waals surface area contributed by atoms with Crippen molar-refractivity contribution in [2.75, 3.05) is 5.75 Å². The first kappa shape index (κ1) is 14.4. The number of hydrogen-bond acceptors (Lipinski definition) is 3. The molecule has 0 radical (unpaired) electrons. The minimum absolute atomic E-state index is 0.0260. The number of carbonyl (C=O) groups excluding carboxylic acids is 1. The summed E-state index contributed by atoms with van der Waals surface area (Å²) in [5.41, 5.74) is 2.17. The lowest BCUT2D eigenvalue weighted by Gasteiger charge is -2.35. The van der Waals surface area contributed by atoms with Crippen LogP contribution in [-0.2, 0) is 11.3 Å². The highest BCUT2D eigenvalue weighted by Gasteiger charge is 2.29. The molecule has 3 rings (SSSR count). The normalized spacial score (nSPS) is 18.8. The van der Waals surface area contributed by atoms with E-state index in [-0.39, 0.29) is 11.3 Å². The van der Waals surface area contributed by atoms with E-state index in [0.29, 0.717) is 18.0 Å². The van der Waals surface area contributed by atoms with E-state index < -0.39 is 0 Å². The molecule has 108 valence electrons. The number of pyridine rings is 1. The van der Waals surface area contributed by atoms with Crippen molar-refractivity contribution in [2.45, 2.75) is 18.3 Å². The molecule has 1 saturated heterocycles. The number of benzene rings is 1. The van der Waals surface area contributed by atoms with Crippen LogP contribution in [-0.4, -0.2) is 21.5 Å². The molecule has 5 heteroatoms. The Morgan fingerprint density at radius 3 is 2.86 bits per heavy atom. The van der Waals surface area contributed by atoms with Gasteiger partial charge in [0.05, 0.1) is 0 Å². The lowest BCUT2D eigenvalue weighted by Crippen LogP contribution is -2.36. The fourth-order valence-corrected chi connectivity index (χ4v) is 3.84. The molecule has 3 nitrogen and oxygen atoms in total. The van der Waals surface area contributed by atoms with E-state index in [9.17, 15) is 4.79 Å². The number of rotatable bonds is 3. The van der Waals surface area contributed by atoms with E-state index in [1.165, 1.54) is 0 Å². The van der Waals surface area contributed by atoms with Crippen LogP contribution in [0.5, 0.6) is 0 Å². The average Bonchev–Trinajstić information content (AvgIpc) is 2.50. The Balaban J connectivity index is 1.88. The van der Waals surface area contributed by atoms with Gasteiger partial charge in [-0.2, -0.15) is 0 Å². The summed E-state index contributed by atoms with van der Waals surface area (Å²) in [7, 11) is 0. The highest BCUT2D eigenvalue weighted by molar-refractivity contribution is 7.99. The summed E-state index contributed by atoms with van der Waals surface area (Å²) in [6, 6.07) is 11.7. The van der Waals surface area contributed by atoms with Gasteiger partial charge in [0.25, 0.3) is 0 Å². The molecule has 0 N–H and O–H groups in total. The molecule has 0 saturated carbocycles. The molecule has 1 aliphatic rings. The molecule has 1 aromatic carbocycles. The molecule has 0 spiro atoms. The van der Waals surface area contributed by atoms with Gasteiger partial charge in [0.2, 0.25) is 5.91 Å². The fourth-order valence-electron chi connectivity index (χ4n) is 2.41. The summed E-state index contributed by atoms with van der Waals surface area (Å²) >= 11 is 7.87. The van der Waals surface area contributed by atoms with E-state index >= 15 is 0 Å². The highest BCUT2D eigenvalue weighted by atomic mass is 35.5. The van der Waals surface area contributed by atoms with Gasteiger partial charge in [0.15, 0.2) is 0 Å². The number of thioether (sulfide) groups is 1. The van der Waals surface area contributed by atoms with Crippen LogP contribution >= 0.6 is 23.4 Å². The van der Waals surface area contributed by atoms with Crippen molar-refractivity contribution < 1.29 is 4.79 Å². The summed E-state index contributed by atoms with van der Waals surface area (Å²) < 4.78 is 0. The van der Waals surface area contributed by atoms with Gasteiger partial charge in [-0.1, -0.05) is 23.7 Å². The summed E-state index contributed by atoms with van der Waals surface area (Å²) in [5.74, 6) is 1.04. The second kappa shape index (κ2) is 6.50. The first-order chi connectivity index (χ1) is 10.2. The maximum Gasteiger partial charge on any atom is 0.224 e. The third kappa shape index (κ3) is 3.39. The van der Waals surface area contributed by atoms with Gasteiger partial charge < -0.3 is 4.90 Å². The van der Waals surface area contributed by atoms with Crippen LogP contribution in [0.2, 0.25) is 5.02 Å². The number of aromatic nitrogens is 1. The van der Waals surface area contributed by atoms with E-state index in [1.54, 1.807) is 24.2 Å². The quantitative estimate of drug-likeness (QED) is 0.860. The van der Waals surface area contributed by atoms with Crippen molar-refractivity contribution in [1.82, 2.24) is 9.88 Å². The lowest BCUT2D eigenvalue weighted by molar-refractivity contribution is -0.132. The maximum atomic E-state index is 12.3. The second-order valence-electron chi connectivity index (χ2n) is 4.91. The van der Waals surface area contributed by atoms with Crippen LogP contribution < -0.4 is 0 Å². The van der Waals surface area contributed by atoms with Crippen LogP contribution in [0.1, 0.15) is 22.9 Å². The Bertz CT molecular complexity index is 635. The molecular formula is C16H15ClN2OS. The van der Waals surface area contributed by atoms with Crippen molar-refractivity contribution in [3.05, 3.63) is 64.9 Å². The molecule has 2 aromatic rings. The SMILES string of the molecule is O=C1CCSC(c2cccc(Cl)c2)N1Cc1ccncc1. The first-order valence-electron chi connectivity index (χ1n) is 6.79. The van der Waals surface area contributed by atoms with Crippen LogP contribution in [0.15, 0.2) is 48.8 Å². The minimum atomic E-state index is 0.0260. The summed E-state index contributed by atoms with van der Waals surface area (Å²) in [4.78, 5) is 18.3. The van der Waals surface area contributed by atoms with Crippen LogP contribution in [0, 0.1) is 0 Å². The van der Waals surface area contributed by atoms with Crippen molar-refractivity contribution >= 4 is 29.3 Å². The van der Waals surface area contributed by atoms with Crippen LogP contribution in [0.25, 0.3) is 0 Å². The van der Waals surface area contributed by atoms with Gasteiger partial charge in [-0.15, -0.1) is 11.8 Å². The Kier molecular flexibility index (Phi) is 4.46. The van der Waals surface area contributed by atoms with E-state index in [4.69, 9.17) is 11.6 Å². The Morgan fingerprint density at radius 2 is 2.10 bits per heavy atom. The maximum absolute atomic E-state index is 12.3. The van der Waals surface area contributed by atoms with Crippen molar-refractivity contribution in [3.63, 3.8) is 0 Å². The van der Waals surface area contributed by atoms with Crippen LogP contribution in [0.3, 0.4) is 0 Å². The summed E-state index contributed by atoms with van der Waals surface area (Å²) in [6.07, 6.45) is 4.10. The summed E-state index contributed by atoms with van der Waals surface area (Å²) in [6.45, 7) is 0.603. The molecule has 1 fully saturated rings. The van der Waals surface area contributed by atoms with E-state index in [1.807, 2.05) is 41.3 Å². The predicted octanol–water partition coefficient (Wildman–Crippen LogP) is 3.90. The lowest BCUT2D eigenvalue weighted by atomic mass is 10.1. The van der Waals surface area contributed by atoms with E-state index in [0.717, 1.165) is 16.9 Å². The Labute approximate surface area is 133 Å². The standard InChI is InChI=1S/C16H15ClN2OS/c17-14-3-1-2-13(10-14)16-19(15(20)6-9-21-16)11-12-4-7-18-8-5-12/h1-5,7-8,10,16H,6,9,11H2. The van der Waals surface area contributed by atoms with Crippen molar-refractivity contribution in [1.29, 1.82) is 0 Å². The van der Waals surface area contributed by atoms with Gasteiger partial charge in [0.1, 0.15) is 5.37 Å². The van der Waals surface area contributed by atoms with Crippen LogP contribution in [0.4, 0.5) is 0 Å².